The number of methoxy groups -OCH3 is 1. The van der Waals surface area contributed by atoms with Crippen LogP contribution in [0.25, 0.3) is 0 Å². The van der Waals surface area contributed by atoms with E-state index in [-0.39, 0.29) is 11.8 Å². The van der Waals surface area contributed by atoms with Crippen LogP contribution in [0.3, 0.4) is 0 Å². The third kappa shape index (κ3) is 10.5. The number of nitrogens with zero attached hydrogens (tertiary/aromatic N) is 6. The molecule has 12 nitrogen and oxygen atoms in total. The minimum absolute atomic E-state index is 0.0494. The molecule has 3 aliphatic rings. The summed E-state index contributed by atoms with van der Waals surface area (Å²) in [5.41, 5.74) is 1.92. The Hall–Kier alpha value is -3.48. The Morgan fingerprint density at radius 1 is 0.979 bits per heavy atom. The molecule has 3 N–H and O–H groups in total. The molecule has 0 spiro atoms. The van der Waals surface area contributed by atoms with Gasteiger partial charge in [0.2, 0.25) is 11.9 Å². The van der Waals surface area contributed by atoms with Gasteiger partial charge in [-0.15, -0.1) is 0 Å². The first-order valence-corrected chi connectivity index (χ1v) is 17.7. The fourth-order valence-electron chi connectivity index (χ4n) is 6.23. The van der Waals surface area contributed by atoms with Crippen LogP contribution in [0.5, 0.6) is 5.75 Å². The van der Waals surface area contributed by atoms with Crippen LogP contribution in [0.15, 0.2) is 24.4 Å². The summed E-state index contributed by atoms with van der Waals surface area (Å²) in [4.78, 5) is 43.6. The smallest absolute Gasteiger partial charge is 0.251 e. The van der Waals surface area contributed by atoms with Crippen LogP contribution in [-0.2, 0) is 4.79 Å². The Balaban J connectivity index is 0.00000144. The van der Waals surface area contributed by atoms with Gasteiger partial charge >= 0.3 is 0 Å². The average molecular weight is 654 g/mol. The lowest BCUT2D eigenvalue weighted by Gasteiger charge is -2.37. The molecule has 2 aliphatic heterocycles. The molecular formula is C35H59N9O3. The van der Waals surface area contributed by atoms with Gasteiger partial charge in [0.05, 0.1) is 25.5 Å². The predicted octanol–water partition coefficient (Wildman–Crippen LogP) is 4.35. The highest BCUT2D eigenvalue weighted by atomic mass is 16.5. The number of ether oxygens (including phenoxy) is 1. The van der Waals surface area contributed by atoms with E-state index in [1.54, 1.807) is 37.4 Å². The number of piperazine rings is 1. The first kappa shape index (κ1) is 38.0. The maximum Gasteiger partial charge on any atom is 0.251 e. The summed E-state index contributed by atoms with van der Waals surface area (Å²) in [7, 11) is 5.35. The summed E-state index contributed by atoms with van der Waals surface area (Å²) >= 11 is 0. The number of carbonyl (C=O) groups is 2. The van der Waals surface area contributed by atoms with Crippen LogP contribution in [0.2, 0.25) is 0 Å². The second-order valence-corrected chi connectivity index (χ2v) is 11.7. The second kappa shape index (κ2) is 20.0. The third-order valence-electron chi connectivity index (χ3n) is 8.84. The number of fused-ring (bicyclic) bond motifs is 1. The molecule has 2 amide bonds. The molecule has 0 atom stereocenters. The topological polar surface area (TPSA) is 118 Å². The van der Waals surface area contributed by atoms with Gasteiger partial charge in [-0.2, -0.15) is 4.98 Å². The molecule has 1 saturated heterocycles. The summed E-state index contributed by atoms with van der Waals surface area (Å²) < 4.78 is 5.62. The molecule has 0 bridgehead atoms. The van der Waals surface area contributed by atoms with E-state index in [4.69, 9.17) is 9.72 Å². The van der Waals surface area contributed by atoms with Gasteiger partial charge in [0.15, 0.2) is 5.82 Å². The lowest BCUT2D eigenvalue weighted by molar-refractivity contribution is -0.117. The molecule has 12 heteroatoms. The van der Waals surface area contributed by atoms with Crippen LogP contribution in [0.1, 0.15) is 76.6 Å². The molecule has 262 valence electrons. The summed E-state index contributed by atoms with van der Waals surface area (Å²) in [5, 5.41) is 9.53. The maximum atomic E-state index is 12.9. The first-order chi connectivity index (χ1) is 23.0. The van der Waals surface area contributed by atoms with Crippen LogP contribution in [-0.4, -0.2) is 118 Å². The number of amides is 2. The molecule has 1 aromatic heterocycles. The van der Waals surface area contributed by atoms with Crippen molar-refractivity contribution in [3.05, 3.63) is 30.0 Å². The molecule has 3 heterocycles. The monoisotopic (exact) mass is 653 g/mol. The molecule has 2 fully saturated rings. The van der Waals surface area contributed by atoms with Gasteiger partial charge in [-0.05, 0) is 70.6 Å². The van der Waals surface area contributed by atoms with E-state index in [0.717, 1.165) is 76.6 Å². The number of anilines is 4. The van der Waals surface area contributed by atoms with Gasteiger partial charge in [-0.3, -0.25) is 9.59 Å². The van der Waals surface area contributed by atoms with Gasteiger partial charge in [-0.25, -0.2) is 4.98 Å². The second-order valence-electron chi connectivity index (χ2n) is 11.7. The summed E-state index contributed by atoms with van der Waals surface area (Å²) in [6.07, 6.45) is 8.27. The molecule has 1 saturated carbocycles. The van der Waals surface area contributed by atoms with Crippen molar-refractivity contribution in [1.82, 2.24) is 30.4 Å². The molecule has 0 radical (unpaired) electrons. The van der Waals surface area contributed by atoms with Crippen molar-refractivity contribution in [2.45, 2.75) is 72.3 Å². The zero-order valence-electron chi connectivity index (χ0n) is 29.9. The van der Waals surface area contributed by atoms with E-state index in [1.807, 2.05) is 40.8 Å². The van der Waals surface area contributed by atoms with E-state index >= 15 is 0 Å². The van der Waals surface area contributed by atoms with Gasteiger partial charge in [0.25, 0.3) is 5.91 Å². The highest BCUT2D eigenvalue weighted by molar-refractivity contribution is 6.02. The number of aromatic nitrogens is 2. The van der Waals surface area contributed by atoms with Gasteiger partial charge < -0.3 is 40.3 Å². The molecule has 1 aromatic carbocycles. The number of likely N-dealkylation sites (N-methyl/N-ethyl adjacent to an activating group) is 1. The Morgan fingerprint density at radius 3 is 2.23 bits per heavy atom. The van der Waals surface area contributed by atoms with Gasteiger partial charge in [-0.1, -0.05) is 40.5 Å². The number of carbonyl (C=O) groups excluding carboxylic acids is 2. The lowest BCUT2D eigenvalue weighted by Crippen LogP contribution is -2.48. The number of nitrogens with one attached hydrogen (secondary N) is 3. The van der Waals surface area contributed by atoms with Crippen molar-refractivity contribution in [2.75, 3.05) is 95.2 Å². The van der Waals surface area contributed by atoms with Crippen molar-refractivity contribution < 1.29 is 14.3 Å². The van der Waals surface area contributed by atoms with Crippen LogP contribution in [0, 0.1) is 0 Å². The predicted molar refractivity (Wildman–Crippen MR) is 192 cm³/mol. The normalized spacial score (nSPS) is 16.9. The average Bonchev–Trinajstić information content (AvgIpc) is 3.66. The fourth-order valence-corrected chi connectivity index (χ4v) is 6.23. The van der Waals surface area contributed by atoms with E-state index in [2.05, 4.69) is 35.6 Å². The number of benzene rings is 1. The third-order valence-corrected chi connectivity index (χ3v) is 8.84. The number of hydrogen-bond acceptors (Lipinski definition) is 10. The molecular weight excluding hydrogens is 594 g/mol. The van der Waals surface area contributed by atoms with E-state index in [9.17, 15) is 9.59 Å². The molecule has 47 heavy (non-hydrogen) atoms. The zero-order valence-corrected chi connectivity index (χ0v) is 29.9. The standard InChI is InChI=1S/C31H47N9O3.2C2H6/c1-32-12-6-14-38-16-18-39(19-17-38)15-7-13-33-30(42)23-10-11-25(27(20-23)43-3)35-31-34-21-26-29(36-31)40(22-28(41)37(26)2)24-8-4-5-9-24;2*1-2/h10-11,20-21,24,32H,4-9,12-19,22H2,1-3H3,(H,33,42)(H,34,35,36);2*1-2H3. The summed E-state index contributed by atoms with van der Waals surface area (Å²) in [6, 6.07) is 5.65. The van der Waals surface area contributed by atoms with Crippen LogP contribution in [0.4, 0.5) is 23.1 Å². The molecule has 5 rings (SSSR count). The van der Waals surface area contributed by atoms with Crippen molar-refractivity contribution >= 4 is 35.0 Å². The minimum Gasteiger partial charge on any atom is -0.495 e. The Morgan fingerprint density at radius 2 is 1.62 bits per heavy atom. The van der Waals surface area contributed by atoms with Crippen molar-refractivity contribution in [3.63, 3.8) is 0 Å². The Bertz CT molecular complexity index is 1250. The van der Waals surface area contributed by atoms with Gasteiger partial charge in [0.1, 0.15) is 11.4 Å². The fraction of sp³-hybridized carbons (Fsp3) is 0.657. The van der Waals surface area contributed by atoms with Crippen molar-refractivity contribution in [2.24, 2.45) is 0 Å². The van der Waals surface area contributed by atoms with E-state index in [1.165, 1.54) is 19.3 Å². The Labute approximate surface area is 282 Å². The molecule has 1 aliphatic carbocycles. The minimum atomic E-state index is -0.121. The lowest BCUT2D eigenvalue weighted by atomic mass is 10.1. The summed E-state index contributed by atoms with van der Waals surface area (Å²) in [5.74, 6) is 1.64. The van der Waals surface area contributed by atoms with E-state index in [0.29, 0.717) is 42.1 Å². The largest absolute Gasteiger partial charge is 0.495 e. The molecule has 2 aromatic rings. The SMILES string of the molecule is CC.CC.CNCCCN1CCN(CCCNC(=O)c2ccc(Nc3ncc4c(n3)N(C3CCCC3)CC(=O)N4C)c(OC)c2)CC1. The zero-order chi connectivity index (χ0) is 34.2. The van der Waals surface area contributed by atoms with E-state index < -0.39 is 0 Å². The van der Waals surface area contributed by atoms with Crippen molar-refractivity contribution in [1.29, 1.82) is 0 Å². The first-order valence-electron chi connectivity index (χ1n) is 17.7. The van der Waals surface area contributed by atoms with Crippen LogP contribution >= 0.6 is 0 Å². The quantitative estimate of drug-likeness (QED) is 0.269. The molecule has 0 unspecified atom stereocenters. The number of rotatable bonds is 13. The van der Waals surface area contributed by atoms with Crippen LogP contribution < -0.4 is 30.5 Å². The van der Waals surface area contributed by atoms with Crippen molar-refractivity contribution in [3.8, 4) is 5.75 Å². The summed E-state index contributed by atoms with van der Waals surface area (Å²) in [6.45, 7) is 16.6. The number of hydrogen-bond donors (Lipinski definition) is 3. The highest BCUT2D eigenvalue weighted by Gasteiger charge is 2.34. The Kier molecular flexibility index (Phi) is 16.2. The maximum absolute atomic E-state index is 12.9. The van der Waals surface area contributed by atoms with Gasteiger partial charge in [0, 0.05) is 51.4 Å². The highest BCUT2D eigenvalue weighted by Crippen LogP contribution is 2.37.